The van der Waals surface area contributed by atoms with Crippen LogP contribution in [-0.4, -0.2) is 22.1 Å². The molecule has 1 N–H and O–H groups in total. The Labute approximate surface area is 156 Å². The SMILES string of the molecule is O=S(=O)(Nc1ccc(S(=O)(=O)C2CCCC2)cc1)c1ccccc1Br. The summed E-state index contributed by atoms with van der Waals surface area (Å²) in [6.45, 7) is 0. The Kier molecular flexibility index (Phi) is 5.22. The van der Waals surface area contributed by atoms with Crippen molar-refractivity contribution in [3.63, 3.8) is 0 Å². The zero-order valence-corrected chi connectivity index (χ0v) is 16.6. The zero-order chi connectivity index (χ0) is 18.1. The number of hydrogen-bond acceptors (Lipinski definition) is 4. The van der Waals surface area contributed by atoms with Crippen LogP contribution in [-0.2, 0) is 19.9 Å². The van der Waals surface area contributed by atoms with E-state index in [1.54, 1.807) is 18.2 Å². The van der Waals surface area contributed by atoms with Crippen LogP contribution < -0.4 is 4.72 Å². The van der Waals surface area contributed by atoms with Crippen molar-refractivity contribution in [2.75, 3.05) is 4.72 Å². The van der Waals surface area contributed by atoms with Gasteiger partial charge in [-0.15, -0.1) is 0 Å². The highest BCUT2D eigenvalue weighted by Gasteiger charge is 2.30. The second-order valence-corrected chi connectivity index (χ2v) is 10.7. The summed E-state index contributed by atoms with van der Waals surface area (Å²) in [6.07, 6.45) is 3.26. The van der Waals surface area contributed by atoms with Gasteiger partial charge in [0.1, 0.15) is 4.90 Å². The Bertz CT molecular complexity index is 964. The molecule has 0 aliphatic heterocycles. The van der Waals surface area contributed by atoms with Gasteiger partial charge in [-0.2, -0.15) is 0 Å². The maximum atomic E-state index is 12.6. The third kappa shape index (κ3) is 3.91. The van der Waals surface area contributed by atoms with E-state index in [9.17, 15) is 16.8 Å². The molecule has 5 nitrogen and oxygen atoms in total. The van der Waals surface area contributed by atoms with E-state index in [1.165, 1.54) is 30.3 Å². The monoisotopic (exact) mass is 443 g/mol. The van der Waals surface area contributed by atoms with Crippen molar-refractivity contribution in [3.8, 4) is 0 Å². The molecule has 1 aliphatic carbocycles. The van der Waals surface area contributed by atoms with Gasteiger partial charge in [0.15, 0.2) is 9.84 Å². The molecule has 0 heterocycles. The lowest BCUT2D eigenvalue weighted by atomic mass is 10.3. The molecule has 25 heavy (non-hydrogen) atoms. The first-order chi connectivity index (χ1) is 11.8. The van der Waals surface area contributed by atoms with E-state index in [-0.39, 0.29) is 15.0 Å². The van der Waals surface area contributed by atoms with E-state index in [4.69, 9.17) is 0 Å². The lowest BCUT2D eigenvalue weighted by molar-refractivity contribution is 0.579. The number of rotatable bonds is 5. The third-order valence-corrected chi connectivity index (χ3v) is 8.97. The van der Waals surface area contributed by atoms with Gasteiger partial charge in [-0.3, -0.25) is 4.72 Å². The van der Waals surface area contributed by atoms with Crippen molar-refractivity contribution in [1.29, 1.82) is 0 Å². The topological polar surface area (TPSA) is 80.3 Å². The Morgan fingerprint density at radius 2 is 1.48 bits per heavy atom. The molecule has 0 aromatic heterocycles. The molecule has 0 radical (unpaired) electrons. The Balaban J connectivity index is 1.82. The molecule has 0 spiro atoms. The van der Waals surface area contributed by atoms with Gasteiger partial charge in [-0.05, 0) is 65.2 Å². The van der Waals surface area contributed by atoms with Gasteiger partial charge >= 0.3 is 0 Å². The van der Waals surface area contributed by atoms with Gasteiger partial charge in [0.05, 0.1) is 10.1 Å². The molecule has 0 amide bonds. The van der Waals surface area contributed by atoms with Gasteiger partial charge in [-0.25, -0.2) is 16.8 Å². The maximum absolute atomic E-state index is 12.6. The predicted octanol–water partition coefficient (Wildman–Crippen LogP) is 3.97. The summed E-state index contributed by atoms with van der Waals surface area (Å²) >= 11 is 3.22. The normalized spacial score (nSPS) is 16.0. The number of sulfone groups is 1. The average molecular weight is 444 g/mol. The molecule has 1 aliphatic rings. The van der Waals surface area contributed by atoms with Crippen molar-refractivity contribution in [3.05, 3.63) is 53.0 Å². The number of benzene rings is 2. The van der Waals surface area contributed by atoms with Crippen molar-refractivity contribution in [2.45, 2.75) is 40.7 Å². The highest BCUT2D eigenvalue weighted by Crippen LogP contribution is 2.30. The van der Waals surface area contributed by atoms with Gasteiger partial charge in [0.2, 0.25) is 0 Å². The van der Waals surface area contributed by atoms with Gasteiger partial charge in [0.25, 0.3) is 10.0 Å². The standard InChI is InChI=1S/C17H18BrNO4S2/c18-16-7-3-4-8-17(16)25(22,23)19-13-9-11-15(12-10-13)24(20,21)14-5-1-2-6-14/h3-4,7-12,14,19H,1-2,5-6H2. The lowest BCUT2D eigenvalue weighted by Crippen LogP contribution is -2.18. The van der Waals surface area contributed by atoms with Gasteiger partial charge in [0, 0.05) is 10.2 Å². The highest BCUT2D eigenvalue weighted by molar-refractivity contribution is 9.10. The first-order valence-electron chi connectivity index (χ1n) is 7.92. The third-order valence-electron chi connectivity index (χ3n) is 4.30. The molecule has 0 bridgehead atoms. The number of sulfonamides is 1. The highest BCUT2D eigenvalue weighted by atomic mass is 79.9. The molecule has 1 fully saturated rings. The average Bonchev–Trinajstić information content (AvgIpc) is 3.10. The van der Waals surface area contributed by atoms with Gasteiger partial charge in [-0.1, -0.05) is 25.0 Å². The smallest absolute Gasteiger partial charge is 0.263 e. The summed E-state index contributed by atoms with van der Waals surface area (Å²) in [7, 11) is -7.10. The maximum Gasteiger partial charge on any atom is 0.263 e. The Hall–Kier alpha value is -1.38. The fraction of sp³-hybridized carbons (Fsp3) is 0.294. The summed E-state index contributed by atoms with van der Waals surface area (Å²) in [5.41, 5.74) is 0.320. The van der Waals surface area contributed by atoms with E-state index in [2.05, 4.69) is 20.7 Å². The molecule has 2 aromatic carbocycles. The van der Waals surface area contributed by atoms with Crippen LogP contribution >= 0.6 is 15.9 Å². The quantitative estimate of drug-likeness (QED) is 0.757. The van der Waals surface area contributed by atoms with Crippen LogP contribution in [0, 0.1) is 0 Å². The van der Waals surface area contributed by atoms with Crippen molar-refractivity contribution in [2.24, 2.45) is 0 Å². The molecular weight excluding hydrogens is 426 g/mol. The molecule has 8 heteroatoms. The minimum atomic E-state index is -3.75. The number of halogens is 1. The Morgan fingerprint density at radius 3 is 2.08 bits per heavy atom. The summed E-state index contributed by atoms with van der Waals surface area (Å²) in [5, 5.41) is -0.324. The molecule has 0 saturated heterocycles. The summed E-state index contributed by atoms with van der Waals surface area (Å²) < 4.78 is 52.9. The first kappa shape index (κ1) is 18.4. The summed E-state index contributed by atoms with van der Waals surface area (Å²) in [6, 6.07) is 12.4. The molecule has 3 rings (SSSR count). The predicted molar refractivity (Wildman–Crippen MR) is 101 cm³/mol. The molecule has 2 aromatic rings. The molecule has 134 valence electrons. The molecule has 1 saturated carbocycles. The second-order valence-electron chi connectivity index (χ2n) is 6.01. The van der Waals surface area contributed by atoms with Gasteiger partial charge < -0.3 is 0 Å². The lowest BCUT2D eigenvalue weighted by Gasteiger charge is -2.13. The number of hydrogen-bond donors (Lipinski definition) is 1. The van der Waals surface area contributed by atoms with E-state index in [0.717, 1.165) is 12.8 Å². The molecule has 0 unspecified atom stereocenters. The van der Waals surface area contributed by atoms with Crippen LogP contribution in [0.15, 0.2) is 62.8 Å². The largest absolute Gasteiger partial charge is 0.280 e. The van der Waals surface area contributed by atoms with Crippen molar-refractivity contribution < 1.29 is 16.8 Å². The van der Waals surface area contributed by atoms with Crippen molar-refractivity contribution in [1.82, 2.24) is 0 Å². The van der Waals surface area contributed by atoms with E-state index >= 15 is 0 Å². The minimum Gasteiger partial charge on any atom is -0.280 e. The zero-order valence-electron chi connectivity index (χ0n) is 13.4. The van der Waals surface area contributed by atoms with Crippen LogP contribution in [0.1, 0.15) is 25.7 Å². The molecular formula is C17H18BrNO4S2. The molecule has 0 atom stereocenters. The van der Waals surface area contributed by atoms with Crippen LogP contribution in [0.3, 0.4) is 0 Å². The van der Waals surface area contributed by atoms with E-state index < -0.39 is 19.9 Å². The Morgan fingerprint density at radius 1 is 0.880 bits per heavy atom. The van der Waals surface area contributed by atoms with Crippen LogP contribution in [0.5, 0.6) is 0 Å². The van der Waals surface area contributed by atoms with Crippen LogP contribution in [0.4, 0.5) is 5.69 Å². The number of nitrogens with one attached hydrogen (secondary N) is 1. The van der Waals surface area contributed by atoms with Crippen LogP contribution in [0.25, 0.3) is 0 Å². The first-order valence-corrected chi connectivity index (χ1v) is 11.7. The van der Waals surface area contributed by atoms with E-state index in [1.807, 2.05) is 0 Å². The fourth-order valence-corrected chi connectivity index (χ4v) is 6.89. The minimum absolute atomic E-state index is 0.123. The van der Waals surface area contributed by atoms with E-state index in [0.29, 0.717) is 23.0 Å². The van der Waals surface area contributed by atoms with Crippen LogP contribution in [0.2, 0.25) is 0 Å². The number of anilines is 1. The van der Waals surface area contributed by atoms with Crippen molar-refractivity contribution >= 4 is 41.5 Å². The second kappa shape index (κ2) is 7.09. The summed E-state index contributed by atoms with van der Waals surface area (Å²) in [5.74, 6) is 0. The fourth-order valence-electron chi connectivity index (χ4n) is 2.98. The summed E-state index contributed by atoms with van der Waals surface area (Å²) in [4.78, 5) is 0.362.